The molecule has 5 heteroatoms. The Morgan fingerprint density at radius 1 is 0.760 bits per heavy atom. The molecular weight excluding hydrogens is 316 g/mol. The summed E-state index contributed by atoms with van der Waals surface area (Å²) in [7, 11) is 0. The van der Waals surface area contributed by atoms with Crippen molar-refractivity contribution in [1.29, 1.82) is 0 Å². The maximum absolute atomic E-state index is 12.5. The molecule has 1 fully saturated rings. The summed E-state index contributed by atoms with van der Waals surface area (Å²) in [5.41, 5.74) is 2.90. The van der Waals surface area contributed by atoms with E-state index < -0.39 is 0 Å². The number of piperazine rings is 1. The molecule has 0 aliphatic carbocycles. The fraction of sp³-hybridized carbons (Fsp3) is 0.250. The molecular formula is C20H20N2O3. The maximum Gasteiger partial charge on any atom is 0.253 e. The predicted octanol–water partition coefficient (Wildman–Crippen LogP) is 2.41. The van der Waals surface area contributed by atoms with E-state index in [0.29, 0.717) is 42.9 Å². The van der Waals surface area contributed by atoms with Crippen LogP contribution >= 0.6 is 0 Å². The molecule has 2 aromatic rings. The SMILES string of the molecule is Cc1ccc(C(=O)N2CCN(C(=O)c3ccc(C=O)cc3)CC2)cc1. The zero-order valence-corrected chi connectivity index (χ0v) is 14.1. The van der Waals surface area contributed by atoms with Crippen LogP contribution in [0.4, 0.5) is 0 Å². The summed E-state index contributed by atoms with van der Waals surface area (Å²) in [6, 6.07) is 14.1. The highest BCUT2D eigenvalue weighted by atomic mass is 16.2. The molecule has 128 valence electrons. The van der Waals surface area contributed by atoms with Gasteiger partial charge in [0.2, 0.25) is 0 Å². The zero-order chi connectivity index (χ0) is 17.8. The molecule has 2 aromatic carbocycles. The molecule has 0 aromatic heterocycles. The number of amides is 2. The smallest absolute Gasteiger partial charge is 0.253 e. The van der Waals surface area contributed by atoms with Gasteiger partial charge in [0.05, 0.1) is 0 Å². The van der Waals surface area contributed by atoms with E-state index in [1.807, 2.05) is 31.2 Å². The van der Waals surface area contributed by atoms with Crippen LogP contribution < -0.4 is 0 Å². The van der Waals surface area contributed by atoms with E-state index in [9.17, 15) is 14.4 Å². The van der Waals surface area contributed by atoms with Crippen molar-refractivity contribution in [2.45, 2.75) is 6.92 Å². The van der Waals surface area contributed by atoms with E-state index in [2.05, 4.69) is 0 Å². The Balaban J connectivity index is 1.60. The number of aryl methyl sites for hydroxylation is 1. The summed E-state index contributed by atoms with van der Waals surface area (Å²) in [5, 5.41) is 0. The van der Waals surface area contributed by atoms with Crippen LogP contribution in [0.5, 0.6) is 0 Å². The third kappa shape index (κ3) is 3.76. The third-order valence-electron chi connectivity index (χ3n) is 4.45. The minimum atomic E-state index is -0.0696. The summed E-state index contributed by atoms with van der Waals surface area (Å²) >= 11 is 0. The third-order valence-corrected chi connectivity index (χ3v) is 4.45. The Morgan fingerprint density at radius 2 is 1.16 bits per heavy atom. The monoisotopic (exact) mass is 336 g/mol. The molecule has 1 aliphatic heterocycles. The van der Waals surface area contributed by atoms with E-state index in [-0.39, 0.29) is 11.8 Å². The Kier molecular flexibility index (Phi) is 4.93. The van der Waals surface area contributed by atoms with Crippen molar-refractivity contribution in [3.8, 4) is 0 Å². The first-order valence-electron chi connectivity index (χ1n) is 8.29. The van der Waals surface area contributed by atoms with Crippen LogP contribution in [0.2, 0.25) is 0 Å². The Hall–Kier alpha value is -2.95. The van der Waals surface area contributed by atoms with Crippen LogP contribution in [0, 0.1) is 6.92 Å². The molecule has 1 aliphatic rings. The molecule has 0 unspecified atom stereocenters. The van der Waals surface area contributed by atoms with Gasteiger partial charge in [0.25, 0.3) is 11.8 Å². The van der Waals surface area contributed by atoms with E-state index in [1.165, 1.54) is 0 Å². The highest BCUT2D eigenvalue weighted by molar-refractivity contribution is 5.96. The van der Waals surface area contributed by atoms with Crippen LogP contribution in [-0.4, -0.2) is 54.1 Å². The molecule has 1 saturated heterocycles. The lowest BCUT2D eigenvalue weighted by Crippen LogP contribution is -2.50. The van der Waals surface area contributed by atoms with Gasteiger partial charge in [-0.2, -0.15) is 0 Å². The topological polar surface area (TPSA) is 57.7 Å². The lowest BCUT2D eigenvalue weighted by atomic mass is 10.1. The first-order valence-corrected chi connectivity index (χ1v) is 8.29. The number of benzene rings is 2. The van der Waals surface area contributed by atoms with Gasteiger partial charge in [-0.05, 0) is 31.2 Å². The molecule has 2 amide bonds. The summed E-state index contributed by atoms with van der Waals surface area (Å²) in [5.74, 6) is -0.0673. The average Bonchev–Trinajstić information content (AvgIpc) is 2.67. The van der Waals surface area contributed by atoms with Crippen LogP contribution in [0.1, 0.15) is 36.6 Å². The van der Waals surface area contributed by atoms with E-state index in [1.54, 1.807) is 34.1 Å². The summed E-state index contributed by atoms with van der Waals surface area (Å²) in [4.78, 5) is 39.3. The van der Waals surface area contributed by atoms with Gasteiger partial charge in [-0.25, -0.2) is 0 Å². The van der Waals surface area contributed by atoms with E-state index in [0.717, 1.165) is 11.8 Å². The number of rotatable bonds is 3. The lowest BCUT2D eigenvalue weighted by molar-refractivity contribution is 0.0535. The highest BCUT2D eigenvalue weighted by Crippen LogP contribution is 2.13. The van der Waals surface area contributed by atoms with Gasteiger partial charge in [-0.15, -0.1) is 0 Å². The fourth-order valence-electron chi connectivity index (χ4n) is 2.88. The van der Waals surface area contributed by atoms with Crippen LogP contribution in [0.3, 0.4) is 0 Å². The van der Waals surface area contributed by atoms with E-state index >= 15 is 0 Å². The molecule has 0 bridgehead atoms. The number of carbonyl (C=O) groups is 3. The van der Waals surface area contributed by atoms with Gasteiger partial charge < -0.3 is 9.80 Å². The zero-order valence-electron chi connectivity index (χ0n) is 14.1. The summed E-state index contributed by atoms with van der Waals surface area (Å²) < 4.78 is 0. The van der Waals surface area contributed by atoms with Crippen LogP contribution in [0.15, 0.2) is 48.5 Å². The van der Waals surface area contributed by atoms with Gasteiger partial charge in [0, 0.05) is 42.9 Å². The summed E-state index contributed by atoms with van der Waals surface area (Å²) in [6.07, 6.45) is 0.754. The van der Waals surface area contributed by atoms with Crippen molar-refractivity contribution >= 4 is 18.1 Å². The molecule has 0 spiro atoms. The van der Waals surface area contributed by atoms with Gasteiger partial charge in [-0.1, -0.05) is 29.8 Å². The molecule has 0 atom stereocenters. The largest absolute Gasteiger partial charge is 0.335 e. The van der Waals surface area contributed by atoms with Crippen LogP contribution in [-0.2, 0) is 0 Å². The van der Waals surface area contributed by atoms with Gasteiger partial charge in [0.15, 0.2) is 0 Å². The molecule has 0 N–H and O–H groups in total. The maximum atomic E-state index is 12.5. The van der Waals surface area contributed by atoms with Gasteiger partial charge in [-0.3, -0.25) is 14.4 Å². The van der Waals surface area contributed by atoms with Crippen LogP contribution in [0.25, 0.3) is 0 Å². The molecule has 0 radical (unpaired) electrons. The predicted molar refractivity (Wildman–Crippen MR) is 94.8 cm³/mol. The lowest BCUT2D eigenvalue weighted by Gasteiger charge is -2.35. The first kappa shape index (κ1) is 16.9. The average molecular weight is 336 g/mol. The molecule has 0 saturated carbocycles. The highest BCUT2D eigenvalue weighted by Gasteiger charge is 2.25. The second kappa shape index (κ2) is 7.30. The number of carbonyl (C=O) groups excluding carboxylic acids is 3. The number of aldehydes is 1. The van der Waals surface area contributed by atoms with Crippen molar-refractivity contribution in [3.05, 3.63) is 70.8 Å². The molecule has 25 heavy (non-hydrogen) atoms. The molecule has 3 rings (SSSR count). The quantitative estimate of drug-likeness (QED) is 0.809. The standard InChI is InChI=1S/C20H20N2O3/c1-15-2-6-17(7-3-15)19(24)21-10-12-22(13-11-21)20(25)18-8-4-16(14-23)5-9-18/h2-9,14H,10-13H2,1H3. The normalized spacial score (nSPS) is 14.3. The van der Waals surface area contributed by atoms with Crippen molar-refractivity contribution < 1.29 is 14.4 Å². The van der Waals surface area contributed by atoms with E-state index in [4.69, 9.17) is 0 Å². The minimum Gasteiger partial charge on any atom is -0.335 e. The second-order valence-electron chi connectivity index (χ2n) is 6.19. The number of hydrogen-bond acceptors (Lipinski definition) is 3. The van der Waals surface area contributed by atoms with Gasteiger partial charge in [0.1, 0.15) is 6.29 Å². The first-order chi connectivity index (χ1) is 12.1. The Labute approximate surface area is 146 Å². The Morgan fingerprint density at radius 3 is 1.56 bits per heavy atom. The summed E-state index contributed by atoms with van der Waals surface area (Å²) in [6.45, 7) is 4.04. The molecule has 1 heterocycles. The Bertz CT molecular complexity index is 774. The van der Waals surface area contributed by atoms with Crippen molar-refractivity contribution in [1.82, 2.24) is 9.80 Å². The number of nitrogens with zero attached hydrogens (tertiary/aromatic N) is 2. The van der Waals surface area contributed by atoms with Crippen molar-refractivity contribution in [2.24, 2.45) is 0 Å². The molecule has 5 nitrogen and oxygen atoms in total. The number of hydrogen-bond donors (Lipinski definition) is 0. The second-order valence-corrected chi connectivity index (χ2v) is 6.19. The van der Waals surface area contributed by atoms with Crippen molar-refractivity contribution in [3.63, 3.8) is 0 Å². The fourth-order valence-corrected chi connectivity index (χ4v) is 2.88. The van der Waals surface area contributed by atoms with Crippen molar-refractivity contribution in [2.75, 3.05) is 26.2 Å². The van der Waals surface area contributed by atoms with Gasteiger partial charge >= 0.3 is 0 Å². The minimum absolute atomic E-state index is 0.00225.